The first-order valence-electron chi connectivity index (χ1n) is 13.8. The van der Waals surface area contributed by atoms with Crippen molar-refractivity contribution in [3.63, 3.8) is 0 Å². The van der Waals surface area contributed by atoms with Crippen LogP contribution in [0.15, 0.2) is 11.6 Å². The summed E-state index contributed by atoms with van der Waals surface area (Å²) in [7, 11) is -3.73. The molecular weight excluding hydrogens is 429 g/mol. The standard InChI is InChI=1S/C28H50NO3P/c1-19(2)7-6-8-20(3)23-11-12-24-22-10-9-21-17-28(30,18-33(29,31)32)16-15-26(21,4)25(22)13-14-27(23,24)5/h9,19-20,22-25,30H,6-8,10-18H2,1-5H3,(H3,29,31,32)/t20-,22+,23-,24+,25+,26+,27-,28?/m1/s1. The van der Waals surface area contributed by atoms with E-state index in [1.165, 1.54) is 50.5 Å². The maximum atomic E-state index is 11.9. The minimum atomic E-state index is -3.73. The summed E-state index contributed by atoms with van der Waals surface area (Å²) >= 11 is 0. The number of aliphatic hydroxyl groups is 1. The lowest BCUT2D eigenvalue weighted by atomic mass is 9.46. The second-order valence-corrected chi connectivity index (χ2v) is 15.4. The molecular formula is C28H50NO3P. The number of rotatable bonds is 7. The van der Waals surface area contributed by atoms with Gasteiger partial charge in [-0.2, -0.15) is 0 Å². The summed E-state index contributed by atoms with van der Waals surface area (Å²) in [6, 6.07) is 0. The van der Waals surface area contributed by atoms with Crippen LogP contribution in [-0.4, -0.2) is 21.8 Å². The van der Waals surface area contributed by atoms with Crippen LogP contribution in [0.3, 0.4) is 0 Å². The van der Waals surface area contributed by atoms with Crippen LogP contribution in [0.2, 0.25) is 0 Å². The smallest absolute Gasteiger partial charge is 0.267 e. The van der Waals surface area contributed by atoms with Crippen molar-refractivity contribution in [1.82, 2.24) is 0 Å². The van der Waals surface area contributed by atoms with Gasteiger partial charge in [0.1, 0.15) is 0 Å². The minimum absolute atomic E-state index is 0.130. The van der Waals surface area contributed by atoms with Crippen LogP contribution < -0.4 is 5.50 Å². The van der Waals surface area contributed by atoms with E-state index in [0.717, 1.165) is 42.4 Å². The first-order chi connectivity index (χ1) is 15.3. The Hall–Kier alpha value is -0.150. The highest BCUT2D eigenvalue weighted by molar-refractivity contribution is 7.55. The molecule has 0 aliphatic heterocycles. The van der Waals surface area contributed by atoms with Gasteiger partial charge >= 0.3 is 0 Å². The van der Waals surface area contributed by atoms with E-state index < -0.39 is 13.1 Å². The van der Waals surface area contributed by atoms with Crippen molar-refractivity contribution in [2.24, 2.45) is 51.8 Å². The lowest BCUT2D eigenvalue weighted by Gasteiger charge is -2.59. The van der Waals surface area contributed by atoms with E-state index >= 15 is 0 Å². The third-order valence-corrected chi connectivity index (χ3v) is 12.0. The fraction of sp³-hybridized carbons (Fsp3) is 0.929. The molecule has 4 N–H and O–H groups in total. The van der Waals surface area contributed by atoms with Crippen molar-refractivity contribution in [1.29, 1.82) is 0 Å². The second-order valence-electron chi connectivity index (χ2n) is 13.6. The van der Waals surface area contributed by atoms with Gasteiger partial charge in [-0.1, -0.05) is 65.5 Å². The van der Waals surface area contributed by atoms with Crippen molar-refractivity contribution in [2.75, 3.05) is 6.16 Å². The van der Waals surface area contributed by atoms with Gasteiger partial charge in [-0.25, -0.2) is 0 Å². The van der Waals surface area contributed by atoms with E-state index in [-0.39, 0.29) is 11.6 Å². The van der Waals surface area contributed by atoms with E-state index in [1.807, 2.05) is 0 Å². The van der Waals surface area contributed by atoms with Crippen molar-refractivity contribution in [3.8, 4) is 0 Å². The third kappa shape index (κ3) is 4.93. The fourth-order valence-corrected chi connectivity index (χ4v) is 10.4. The highest BCUT2D eigenvalue weighted by atomic mass is 31.2. The van der Waals surface area contributed by atoms with Gasteiger partial charge in [0.05, 0.1) is 11.8 Å². The van der Waals surface area contributed by atoms with Gasteiger partial charge in [0.25, 0.3) is 7.52 Å². The van der Waals surface area contributed by atoms with Crippen LogP contribution in [0.25, 0.3) is 0 Å². The zero-order valence-electron chi connectivity index (χ0n) is 21.9. The Morgan fingerprint density at radius 3 is 2.48 bits per heavy atom. The normalized spacial score (nSPS) is 45.5. The molecule has 0 aromatic rings. The molecule has 9 atom stereocenters. The van der Waals surface area contributed by atoms with E-state index in [4.69, 9.17) is 5.50 Å². The lowest BCUT2D eigenvalue weighted by molar-refractivity contribution is -0.0702. The molecule has 33 heavy (non-hydrogen) atoms. The number of fused-ring (bicyclic) bond motifs is 5. The topological polar surface area (TPSA) is 83.5 Å². The first kappa shape index (κ1) is 25.9. The molecule has 0 aromatic heterocycles. The predicted molar refractivity (Wildman–Crippen MR) is 137 cm³/mol. The van der Waals surface area contributed by atoms with Crippen LogP contribution >= 0.6 is 7.52 Å². The van der Waals surface area contributed by atoms with Gasteiger partial charge in [-0.3, -0.25) is 10.1 Å². The summed E-state index contributed by atoms with van der Waals surface area (Å²) in [5.41, 5.74) is 6.28. The molecule has 5 heteroatoms. The van der Waals surface area contributed by atoms with Crippen molar-refractivity contribution < 1.29 is 14.6 Å². The van der Waals surface area contributed by atoms with Gasteiger partial charge < -0.3 is 10.00 Å². The predicted octanol–water partition coefficient (Wildman–Crippen LogP) is 6.90. The van der Waals surface area contributed by atoms with Crippen molar-refractivity contribution in [2.45, 2.75) is 111 Å². The zero-order chi connectivity index (χ0) is 24.2. The summed E-state index contributed by atoms with van der Waals surface area (Å²) < 4.78 is 11.9. The summed E-state index contributed by atoms with van der Waals surface area (Å²) in [5.74, 6) is 4.78. The third-order valence-electron chi connectivity index (χ3n) is 11.0. The van der Waals surface area contributed by atoms with Crippen LogP contribution in [0.5, 0.6) is 0 Å². The van der Waals surface area contributed by atoms with Gasteiger partial charge in [0.15, 0.2) is 0 Å². The molecule has 0 bridgehead atoms. The number of hydrogen-bond donors (Lipinski definition) is 3. The molecule has 0 radical (unpaired) electrons. The average Bonchev–Trinajstić information content (AvgIpc) is 3.04. The Morgan fingerprint density at radius 1 is 1.09 bits per heavy atom. The van der Waals surface area contributed by atoms with Gasteiger partial charge in [-0.15, -0.1) is 0 Å². The van der Waals surface area contributed by atoms with Crippen molar-refractivity contribution >= 4 is 7.52 Å². The molecule has 0 aromatic carbocycles. The minimum Gasteiger partial charge on any atom is -0.389 e. The lowest BCUT2D eigenvalue weighted by Crippen LogP contribution is -2.53. The summed E-state index contributed by atoms with van der Waals surface area (Å²) in [4.78, 5) is 9.72. The molecule has 0 saturated heterocycles. The van der Waals surface area contributed by atoms with Gasteiger partial charge in [-0.05, 0) is 97.7 Å². The zero-order valence-corrected chi connectivity index (χ0v) is 22.7. The number of allylic oxidation sites excluding steroid dienone is 1. The van der Waals surface area contributed by atoms with E-state index in [1.54, 1.807) is 0 Å². The van der Waals surface area contributed by atoms with E-state index in [9.17, 15) is 14.6 Å². The summed E-state index contributed by atoms with van der Waals surface area (Å²) in [6.45, 7) is 12.3. The van der Waals surface area contributed by atoms with Crippen molar-refractivity contribution in [3.05, 3.63) is 11.6 Å². The average molecular weight is 480 g/mol. The Bertz CT molecular complexity index is 805. The molecule has 4 nitrogen and oxygen atoms in total. The molecule has 0 heterocycles. The number of hydrogen-bond acceptors (Lipinski definition) is 2. The van der Waals surface area contributed by atoms with Crippen LogP contribution in [-0.2, 0) is 4.57 Å². The van der Waals surface area contributed by atoms with Gasteiger partial charge in [0, 0.05) is 0 Å². The van der Waals surface area contributed by atoms with Crippen LogP contribution in [0.4, 0.5) is 0 Å². The Labute approximate surface area is 202 Å². The van der Waals surface area contributed by atoms with Crippen LogP contribution in [0, 0.1) is 46.3 Å². The molecule has 4 aliphatic rings. The monoisotopic (exact) mass is 479 g/mol. The molecule has 190 valence electrons. The van der Waals surface area contributed by atoms with E-state index in [0.29, 0.717) is 24.2 Å². The Morgan fingerprint density at radius 2 is 1.82 bits per heavy atom. The highest BCUT2D eigenvalue weighted by Gasteiger charge is 2.60. The molecule has 2 unspecified atom stereocenters. The Kier molecular flexibility index (Phi) is 7.12. The molecule has 4 aliphatic carbocycles. The Balaban J connectivity index is 1.49. The quantitative estimate of drug-likeness (QED) is 0.274. The highest BCUT2D eigenvalue weighted by Crippen LogP contribution is 2.68. The molecule has 3 saturated carbocycles. The molecule has 0 amide bonds. The largest absolute Gasteiger partial charge is 0.389 e. The van der Waals surface area contributed by atoms with Gasteiger partial charge in [0.2, 0.25) is 0 Å². The first-order valence-corrected chi connectivity index (χ1v) is 15.7. The summed E-state index contributed by atoms with van der Waals surface area (Å²) in [6.07, 6.45) is 14.9. The molecule has 0 spiro atoms. The van der Waals surface area contributed by atoms with E-state index in [2.05, 4.69) is 40.7 Å². The SMILES string of the molecule is CC(C)CCC[C@@H](C)[C@H]1CC[C@H]2[C@@H]3CC=C4CC(O)(CP(N)(=O)O)CC[C@]4(C)[C@H]3CC[C@]12C. The second kappa shape index (κ2) is 9.06. The maximum absolute atomic E-state index is 11.9. The summed E-state index contributed by atoms with van der Waals surface area (Å²) in [5, 5.41) is 11.1. The maximum Gasteiger partial charge on any atom is 0.267 e. The number of nitrogens with two attached hydrogens (primary N) is 1. The molecule has 4 rings (SSSR count). The fourth-order valence-electron chi connectivity index (χ4n) is 9.29. The molecule has 3 fully saturated rings. The van der Waals surface area contributed by atoms with Crippen LogP contribution in [0.1, 0.15) is 105 Å².